The van der Waals surface area contributed by atoms with Gasteiger partial charge in [0.1, 0.15) is 18.2 Å². The molecule has 0 saturated carbocycles. The molecular weight excluding hydrogens is 459 g/mol. The van der Waals surface area contributed by atoms with E-state index in [-0.39, 0.29) is 12.3 Å². The van der Waals surface area contributed by atoms with E-state index in [1.54, 1.807) is 19.4 Å². The zero-order valence-electron chi connectivity index (χ0n) is 20.9. The van der Waals surface area contributed by atoms with Crippen LogP contribution >= 0.6 is 0 Å². The maximum absolute atomic E-state index is 15.5. The van der Waals surface area contributed by atoms with Crippen LogP contribution in [0.25, 0.3) is 10.9 Å². The molecule has 3 atom stereocenters. The van der Waals surface area contributed by atoms with Crippen molar-refractivity contribution < 1.29 is 19.0 Å². The van der Waals surface area contributed by atoms with Crippen molar-refractivity contribution in [3.63, 3.8) is 0 Å². The maximum Gasteiger partial charge on any atom is 0.303 e. The van der Waals surface area contributed by atoms with Gasteiger partial charge in [-0.15, -0.1) is 0 Å². The molecule has 1 N–H and O–H groups in total. The summed E-state index contributed by atoms with van der Waals surface area (Å²) in [5.74, 6) is 0.501. The third kappa shape index (κ3) is 6.97. The first-order valence-electron chi connectivity index (χ1n) is 12.8. The van der Waals surface area contributed by atoms with Crippen molar-refractivity contribution in [2.45, 2.75) is 51.1 Å². The quantitative estimate of drug-likeness (QED) is 0.367. The van der Waals surface area contributed by atoms with Crippen LogP contribution in [0.1, 0.15) is 55.8 Å². The molecule has 3 heterocycles. The van der Waals surface area contributed by atoms with Crippen molar-refractivity contribution in [3.8, 4) is 5.75 Å². The van der Waals surface area contributed by atoms with Crippen LogP contribution < -0.4 is 4.74 Å². The molecule has 1 fully saturated rings. The van der Waals surface area contributed by atoms with Crippen LogP contribution in [0.2, 0.25) is 0 Å². The Labute approximate surface area is 211 Å². The summed E-state index contributed by atoms with van der Waals surface area (Å²) in [7, 11) is 1.60. The normalized spacial score (nSPS) is 19.3. The molecule has 192 valence electrons. The first kappa shape index (κ1) is 25.9. The van der Waals surface area contributed by atoms with Crippen molar-refractivity contribution in [2.24, 2.45) is 11.8 Å². The molecule has 0 amide bonds. The molecule has 1 saturated heterocycles. The van der Waals surface area contributed by atoms with E-state index in [9.17, 15) is 9.90 Å². The summed E-state index contributed by atoms with van der Waals surface area (Å²) in [5.41, 5.74) is 2.53. The van der Waals surface area contributed by atoms with Crippen LogP contribution in [0, 0.1) is 11.8 Å². The van der Waals surface area contributed by atoms with Crippen LogP contribution in [0.5, 0.6) is 5.75 Å². The highest BCUT2D eigenvalue weighted by Crippen LogP contribution is 2.36. The van der Waals surface area contributed by atoms with E-state index in [4.69, 9.17) is 4.74 Å². The summed E-state index contributed by atoms with van der Waals surface area (Å²) in [6, 6.07) is 7.29. The number of carboxylic acid groups (broad SMARTS) is 1. The summed E-state index contributed by atoms with van der Waals surface area (Å²) >= 11 is 0. The molecule has 3 aromatic rings. The third-order valence-corrected chi connectivity index (χ3v) is 7.37. The number of carbonyl (C=O) groups is 1. The second-order valence-electron chi connectivity index (χ2n) is 9.72. The average Bonchev–Trinajstić information content (AvgIpc) is 2.91. The van der Waals surface area contributed by atoms with Crippen LogP contribution in [0.3, 0.4) is 0 Å². The fourth-order valence-corrected chi connectivity index (χ4v) is 5.40. The van der Waals surface area contributed by atoms with Gasteiger partial charge in [0.25, 0.3) is 0 Å². The molecule has 0 spiro atoms. The number of methoxy groups -OCH3 is 1. The fourth-order valence-electron chi connectivity index (χ4n) is 5.40. The van der Waals surface area contributed by atoms with Gasteiger partial charge in [0, 0.05) is 36.9 Å². The Morgan fingerprint density at radius 1 is 1.22 bits per heavy atom. The summed E-state index contributed by atoms with van der Waals surface area (Å²) < 4.78 is 20.8. The van der Waals surface area contributed by atoms with Gasteiger partial charge in [-0.25, -0.2) is 14.4 Å². The Hall–Kier alpha value is -3.13. The van der Waals surface area contributed by atoms with Crippen molar-refractivity contribution in [2.75, 3.05) is 26.7 Å². The standard InChI is InChI=1S/C28H35FN4O3/c1-36-23-6-8-27-25(15-23)24(10-12-32-27)26(29)7-4-21-11-14-33(18-22(21)5-9-28(34)35)13-2-3-20-16-30-19-31-17-20/h6,8,10,12,15-17,19,21-22,26H,2-5,7,9,11,13-14,18H2,1H3,(H,34,35)/t21?,22?,26-/m0/s1. The number of nitrogens with zero attached hydrogens (tertiary/aromatic N) is 4. The number of alkyl halides is 1. The summed E-state index contributed by atoms with van der Waals surface area (Å²) in [4.78, 5) is 26.2. The highest BCUT2D eigenvalue weighted by atomic mass is 19.1. The Morgan fingerprint density at radius 2 is 2.06 bits per heavy atom. The first-order chi connectivity index (χ1) is 17.5. The highest BCUT2D eigenvalue weighted by molar-refractivity contribution is 5.83. The molecule has 0 radical (unpaired) electrons. The lowest BCUT2D eigenvalue weighted by atomic mass is 9.79. The van der Waals surface area contributed by atoms with Gasteiger partial charge in [0.15, 0.2) is 0 Å². The number of aryl methyl sites for hydroxylation is 1. The summed E-state index contributed by atoms with van der Waals surface area (Å²) in [5, 5.41) is 10.1. The number of halogens is 1. The zero-order chi connectivity index (χ0) is 25.3. The summed E-state index contributed by atoms with van der Waals surface area (Å²) in [6.07, 6.45) is 10.7. The second-order valence-corrected chi connectivity index (χ2v) is 9.72. The summed E-state index contributed by atoms with van der Waals surface area (Å²) in [6.45, 7) is 2.79. The van der Waals surface area contributed by atoms with Crippen LogP contribution in [0.15, 0.2) is 49.2 Å². The van der Waals surface area contributed by atoms with E-state index in [1.807, 2.05) is 30.6 Å². The number of likely N-dealkylation sites (tertiary alicyclic amines) is 1. The smallest absolute Gasteiger partial charge is 0.303 e. The number of benzene rings is 1. The van der Waals surface area contributed by atoms with Crippen LogP contribution in [-0.2, 0) is 11.2 Å². The van der Waals surface area contributed by atoms with E-state index in [0.29, 0.717) is 30.1 Å². The number of carboxylic acids is 1. The molecule has 0 aliphatic carbocycles. The van der Waals surface area contributed by atoms with Gasteiger partial charge in [-0.2, -0.15) is 0 Å². The second kappa shape index (κ2) is 12.7. The number of aliphatic carboxylic acids is 1. The molecular formula is C28H35FN4O3. The van der Waals surface area contributed by atoms with Crippen LogP contribution in [-0.4, -0.2) is 57.7 Å². The number of pyridine rings is 1. The first-order valence-corrected chi connectivity index (χ1v) is 12.8. The fraction of sp³-hybridized carbons (Fsp3) is 0.500. The number of hydrogen-bond donors (Lipinski definition) is 1. The number of ether oxygens (including phenoxy) is 1. The Bertz CT molecular complexity index is 1130. The Kier molecular flexibility index (Phi) is 9.17. The van der Waals surface area contributed by atoms with Gasteiger partial charge in [-0.3, -0.25) is 9.78 Å². The minimum absolute atomic E-state index is 0.157. The van der Waals surface area contributed by atoms with E-state index in [1.165, 1.54) is 6.33 Å². The van der Waals surface area contributed by atoms with E-state index in [0.717, 1.165) is 61.8 Å². The minimum atomic E-state index is -1.10. The Morgan fingerprint density at radius 3 is 2.83 bits per heavy atom. The molecule has 0 bridgehead atoms. The molecule has 2 unspecified atom stereocenters. The monoisotopic (exact) mass is 494 g/mol. The van der Waals surface area contributed by atoms with Crippen molar-refractivity contribution in [1.82, 2.24) is 19.9 Å². The predicted molar refractivity (Wildman–Crippen MR) is 137 cm³/mol. The molecule has 1 aliphatic heterocycles. The molecule has 8 heteroatoms. The van der Waals surface area contributed by atoms with Crippen molar-refractivity contribution >= 4 is 16.9 Å². The number of hydrogen-bond acceptors (Lipinski definition) is 6. The molecule has 36 heavy (non-hydrogen) atoms. The van der Waals surface area contributed by atoms with E-state index >= 15 is 4.39 Å². The Balaban J connectivity index is 1.35. The van der Waals surface area contributed by atoms with E-state index in [2.05, 4.69) is 19.9 Å². The van der Waals surface area contributed by atoms with Gasteiger partial charge >= 0.3 is 5.97 Å². The SMILES string of the molecule is COc1ccc2nccc([C@@H](F)CCC3CCN(CCCc4cncnc4)CC3CCC(=O)O)c2c1. The maximum atomic E-state index is 15.5. The predicted octanol–water partition coefficient (Wildman–Crippen LogP) is 5.26. The van der Waals surface area contributed by atoms with Crippen LogP contribution in [0.4, 0.5) is 4.39 Å². The number of piperidine rings is 1. The lowest BCUT2D eigenvalue weighted by molar-refractivity contribution is -0.137. The number of aromatic nitrogens is 3. The van der Waals surface area contributed by atoms with Gasteiger partial charge in [-0.1, -0.05) is 0 Å². The lowest BCUT2D eigenvalue weighted by Gasteiger charge is -2.39. The molecule has 2 aromatic heterocycles. The van der Waals surface area contributed by atoms with Crippen molar-refractivity contribution in [3.05, 3.63) is 60.3 Å². The number of fused-ring (bicyclic) bond motifs is 1. The molecule has 1 aromatic carbocycles. The van der Waals surface area contributed by atoms with E-state index < -0.39 is 12.1 Å². The minimum Gasteiger partial charge on any atom is -0.497 e. The van der Waals surface area contributed by atoms with Gasteiger partial charge < -0.3 is 14.7 Å². The highest BCUT2D eigenvalue weighted by Gasteiger charge is 2.30. The lowest BCUT2D eigenvalue weighted by Crippen LogP contribution is -2.41. The third-order valence-electron chi connectivity index (χ3n) is 7.37. The molecule has 1 aliphatic rings. The zero-order valence-corrected chi connectivity index (χ0v) is 20.9. The topological polar surface area (TPSA) is 88.4 Å². The van der Waals surface area contributed by atoms with Gasteiger partial charge in [0.2, 0.25) is 0 Å². The number of rotatable bonds is 12. The van der Waals surface area contributed by atoms with Crippen molar-refractivity contribution in [1.29, 1.82) is 0 Å². The molecule has 7 nitrogen and oxygen atoms in total. The average molecular weight is 495 g/mol. The van der Waals surface area contributed by atoms with Gasteiger partial charge in [-0.05, 0) is 98.8 Å². The van der Waals surface area contributed by atoms with Gasteiger partial charge in [0.05, 0.1) is 12.6 Å². The largest absolute Gasteiger partial charge is 0.497 e. The molecule has 4 rings (SSSR count).